The lowest BCUT2D eigenvalue weighted by atomic mass is 10.1. The van der Waals surface area contributed by atoms with Crippen molar-refractivity contribution in [3.05, 3.63) is 40.6 Å². The molecule has 4 heteroatoms. The largest absolute Gasteiger partial charge is 0.391 e. The van der Waals surface area contributed by atoms with E-state index in [2.05, 4.69) is 22.5 Å². The lowest BCUT2D eigenvalue weighted by Crippen LogP contribution is -2.06. The zero-order chi connectivity index (χ0) is 11.4. The highest BCUT2D eigenvalue weighted by molar-refractivity contribution is 7.12. The smallest absolute Gasteiger partial charge is 0.0951 e. The highest BCUT2D eigenvalue weighted by atomic mass is 32.1. The second kappa shape index (κ2) is 5.27. The van der Waals surface area contributed by atoms with E-state index >= 15 is 0 Å². The van der Waals surface area contributed by atoms with Crippen LogP contribution in [0.3, 0.4) is 0 Å². The van der Waals surface area contributed by atoms with Gasteiger partial charge < -0.3 is 9.67 Å². The molecule has 16 heavy (non-hydrogen) atoms. The summed E-state index contributed by atoms with van der Waals surface area (Å²) in [5.74, 6) is 0. The summed E-state index contributed by atoms with van der Waals surface area (Å²) in [5, 5.41) is 9.08. The van der Waals surface area contributed by atoms with Crippen LogP contribution < -0.4 is 0 Å². The Morgan fingerprint density at radius 2 is 2.38 bits per heavy atom. The highest BCUT2D eigenvalue weighted by Crippen LogP contribution is 2.29. The van der Waals surface area contributed by atoms with Crippen molar-refractivity contribution in [2.75, 3.05) is 0 Å². The first-order valence-electron chi connectivity index (χ1n) is 5.52. The summed E-state index contributed by atoms with van der Waals surface area (Å²) < 4.78 is 2.14. The molecule has 0 aliphatic heterocycles. The number of aliphatic hydroxyl groups is 1. The van der Waals surface area contributed by atoms with Crippen LogP contribution in [0.4, 0.5) is 0 Å². The fourth-order valence-electron chi connectivity index (χ4n) is 1.82. The number of aromatic nitrogens is 2. The number of rotatable bonds is 5. The Morgan fingerprint density at radius 3 is 2.94 bits per heavy atom. The van der Waals surface area contributed by atoms with Crippen molar-refractivity contribution in [1.82, 2.24) is 9.55 Å². The summed E-state index contributed by atoms with van der Waals surface area (Å²) in [6.07, 6.45) is 7.90. The monoisotopic (exact) mass is 236 g/mol. The van der Waals surface area contributed by atoms with Crippen molar-refractivity contribution in [3.8, 4) is 0 Å². The van der Waals surface area contributed by atoms with Gasteiger partial charge in [0.2, 0.25) is 0 Å². The molecule has 3 nitrogen and oxygen atoms in total. The van der Waals surface area contributed by atoms with Crippen molar-refractivity contribution in [3.63, 3.8) is 0 Å². The minimum absolute atomic E-state index is 0.132. The average molecular weight is 236 g/mol. The van der Waals surface area contributed by atoms with Crippen molar-refractivity contribution in [2.24, 2.45) is 0 Å². The van der Waals surface area contributed by atoms with Crippen LogP contribution in [0.1, 0.15) is 35.6 Å². The third kappa shape index (κ3) is 2.33. The van der Waals surface area contributed by atoms with Gasteiger partial charge in [-0.25, -0.2) is 4.98 Å². The van der Waals surface area contributed by atoms with E-state index in [1.807, 2.05) is 24.8 Å². The van der Waals surface area contributed by atoms with Crippen molar-refractivity contribution < 1.29 is 5.11 Å². The van der Waals surface area contributed by atoms with Gasteiger partial charge in [-0.15, -0.1) is 11.3 Å². The van der Waals surface area contributed by atoms with Gasteiger partial charge in [0.25, 0.3) is 0 Å². The van der Waals surface area contributed by atoms with Gasteiger partial charge >= 0.3 is 0 Å². The summed E-state index contributed by atoms with van der Waals surface area (Å²) in [7, 11) is 0. The van der Waals surface area contributed by atoms with Crippen LogP contribution in [-0.2, 0) is 6.61 Å². The first kappa shape index (κ1) is 11.4. The maximum Gasteiger partial charge on any atom is 0.0951 e. The molecule has 86 valence electrons. The molecular weight excluding hydrogens is 220 g/mol. The van der Waals surface area contributed by atoms with Crippen molar-refractivity contribution >= 4 is 11.3 Å². The van der Waals surface area contributed by atoms with E-state index in [1.54, 1.807) is 11.3 Å². The summed E-state index contributed by atoms with van der Waals surface area (Å²) in [4.78, 5) is 6.42. The summed E-state index contributed by atoms with van der Waals surface area (Å²) in [6.45, 7) is 2.32. The Bertz CT molecular complexity index is 422. The fourth-order valence-corrected chi connectivity index (χ4v) is 2.84. The van der Waals surface area contributed by atoms with E-state index in [0.717, 1.165) is 17.7 Å². The van der Waals surface area contributed by atoms with Crippen molar-refractivity contribution in [2.45, 2.75) is 32.4 Å². The first-order chi connectivity index (χ1) is 7.85. The van der Waals surface area contributed by atoms with Gasteiger partial charge in [-0.1, -0.05) is 13.3 Å². The topological polar surface area (TPSA) is 38.0 Å². The Morgan fingerprint density at radius 1 is 1.50 bits per heavy atom. The molecule has 0 amide bonds. The molecule has 2 aromatic rings. The number of hydrogen-bond donors (Lipinski definition) is 1. The van der Waals surface area contributed by atoms with Crippen LogP contribution in [0.2, 0.25) is 0 Å². The summed E-state index contributed by atoms with van der Waals surface area (Å²) in [5.41, 5.74) is 0. The Kier molecular flexibility index (Phi) is 3.74. The average Bonchev–Trinajstić information content (AvgIpc) is 2.97. The first-order valence-corrected chi connectivity index (χ1v) is 6.33. The maximum absolute atomic E-state index is 9.08. The molecule has 0 saturated carbocycles. The molecule has 0 aliphatic rings. The van der Waals surface area contributed by atoms with Crippen LogP contribution in [-0.4, -0.2) is 14.7 Å². The fraction of sp³-hybridized carbons (Fsp3) is 0.417. The number of nitrogens with zero attached hydrogens (tertiary/aromatic N) is 2. The predicted octanol–water partition coefficient (Wildman–Crippen LogP) is 2.83. The molecular formula is C12H16N2OS. The van der Waals surface area contributed by atoms with Gasteiger partial charge in [0.05, 0.1) is 19.0 Å². The van der Waals surface area contributed by atoms with E-state index in [-0.39, 0.29) is 6.61 Å². The van der Waals surface area contributed by atoms with E-state index in [4.69, 9.17) is 5.11 Å². The van der Waals surface area contributed by atoms with Gasteiger partial charge in [-0.2, -0.15) is 0 Å². The van der Waals surface area contributed by atoms with E-state index in [9.17, 15) is 0 Å². The van der Waals surface area contributed by atoms with E-state index < -0.39 is 0 Å². The van der Waals surface area contributed by atoms with Crippen LogP contribution in [0.15, 0.2) is 30.9 Å². The molecule has 0 bridgehead atoms. The molecule has 0 aliphatic carbocycles. The minimum Gasteiger partial charge on any atom is -0.391 e. The Balaban J connectivity index is 2.25. The molecule has 0 fully saturated rings. The minimum atomic E-state index is 0.132. The molecule has 2 heterocycles. The second-order valence-electron chi connectivity index (χ2n) is 3.78. The standard InChI is InChI=1S/C12H16N2OS/c1-2-3-11(14-7-6-13-9-14)12-5-4-10(8-15)16-12/h4-7,9,11,15H,2-3,8H2,1H3. The zero-order valence-electron chi connectivity index (χ0n) is 9.34. The Hall–Kier alpha value is -1.13. The lowest BCUT2D eigenvalue weighted by molar-refractivity contribution is 0.285. The van der Waals surface area contributed by atoms with Crippen LogP contribution >= 0.6 is 11.3 Å². The molecule has 0 radical (unpaired) electrons. The van der Waals surface area contributed by atoms with Crippen molar-refractivity contribution in [1.29, 1.82) is 0 Å². The van der Waals surface area contributed by atoms with Crippen LogP contribution in [0.25, 0.3) is 0 Å². The number of thiophene rings is 1. The third-order valence-electron chi connectivity index (χ3n) is 2.61. The molecule has 1 unspecified atom stereocenters. The molecule has 1 atom stereocenters. The van der Waals surface area contributed by atoms with Crippen LogP contribution in [0, 0.1) is 0 Å². The molecule has 0 spiro atoms. The molecule has 0 aromatic carbocycles. The third-order valence-corrected chi connectivity index (χ3v) is 3.78. The highest BCUT2D eigenvalue weighted by Gasteiger charge is 2.14. The molecule has 2 rings (SSSR count). The van der Waals surface area contributed by atoms with Gasteiger partial charge in [0.1, 0.15) is 0 Å². The Labute approximate surface area is 99.4 Å². The van der Waals surface area contributed by atoms with Gasteiger partial charge in [-0.05, 0) is 18.6 Å². The number of aliphatic hydroxyl groups excluding tert-OH is 1. The zero-order valence-corrected chi connectivity index (χ0v) is 10.2. The van der Waals surface area contributed by atoms with E-state index in [0.29, 0.717) is 6.04 Å². The SMILES string of the molecule is CCCC(c1ccc(CO)s1)n1ccnc1. The lowest BCUT2D eigenvalue weighted by Gasteiger charge is -2.15. The predicted molar refractivity (Wildman–Crippen MR) is 65.5 cm³/mol. The van der Waals surface area contributed by atoms with Gasteiger partial charge in [-0.3, -0.25) is 0 Å². The molecule has 2 aromatic heterocycles. The number of imidazole rings is 1. The van der Waals surface area contributed by atoms with E-state index in [1.165, 1.54) is 4.88 Å². The maximum atomic E-state index is 9.08. The summed E-state index contributed by atoms with van der Waals surface area (Å²) in [6, 6.07) is 4.47. The summed E-state index contributed by atoms with van der Waals surface area (Å²) >= 11 is 1.68. The number of hydrogen-bond acceptors (Lipinski definition) is 3. The second-order valence-corrected chi connectivity index (χ2v) is 4.98. The molecule has 0 saturated heterocycles. The molecule has 1 N–H and O–H groups in total. The van der Waals surface area contributed by atoms with Crippen LogP contribution in [0.5, 0.6) is 0 Å². The normalized spacial score (nSPS) is 12.9. The van der Waals surface area contributed by atoms with Gasteiger partial charge in [0, 0.05) is 22.1 Å². The van der Waals surface area contributed by atoms with Gasteiger partial charge in [0.15, 0.2) is 0 Å². The quantitative estimate of drug-likeness (QED) is 0.867.